The van der Waals surface area contributed by atoms with Crippen molar-refractivity contribution in [2.45, 2.75) is 86.0 Å². The predicted molar refractivity (Wildman–Crippen MR) is 171 cm³/mol. The Morgan fingerprint density at radius 3 is 1.33 bits per heavy atom. The largest absolute Gasteiger partial charge is 0.397 e. The molecule has 0 fully saturated rings. The molecule has 190 valence electrons. The van der Waals surface area contributed by atoms with Gasteiger partial charge in [-0.15, -0.1) is 0 Å². The Morgan fingerprint density at radius 1 is 0.639 bits per heavy atom. The zero-order valence-corrected chi connectivity index (χ0v) is 27.8. The predicted octanol–water partition coefficient (Wildman–Crippen LogP) is 11.9. The third-order valence-corrected chi connectivity index (χ3v) is 88.8. The lowest BCUT2D eigenvalue weighted by molar-refractivity contribution is 0.824. The summed E-state index contributed by atoms with van der Waals surface area (Å²) in [4.78, 5) is 0. The summed E-state index contributed by atoms with van der Waals surface area (Å²) in [5, 5.41) is 0. The van der Waals surface area contributed by atoms with Crippen LogP contribution in [0.1, 0.15) is 108 Å². The van der Waals surface area contributed by atoms with E-state index < -0.39 is 7.73 Å². The first-order valence-corrected chi connectivity index (χ1v) is 26.0. The highest BCUT2D eigenvalue weighted by molar-refractivity contribution is 9.28. The highest BCUT2D eigenvalue weighted by Gasteiger charge is 2.77. The topological polar surface area (TPSA) is 6.48 Å². The van der Waals surface area contributed by atoms with E-state index in [1.165, 1.54) is 22.5 Å². The monoisotopic (exact) mass is 568 g/mol. The van der Waals surface area contributed by atoms with Crippen LogP contribution in [0.2, 0.25) is 0 Å². The van der Waals surface area contributed by atoms with Gasteiger partial charge < -0.3 is 9.13 Å². The second-order valence-electron chi connectivity index (χ2n) is 11.9. The van der Waals surface area contributed by atoms with Gasteiger partial charge in [0, 0.05) is 22.8 Å². The summed E-state index contributed by atoms with van der Waals surface area (Å²) in [6.07, 6.45) is 3.92. The van der Waals surface area contributed by atoms with Crippen LogP contribution in [0.5, 0.6) is 0 Å². The second kappa shape index (κ2) is 8.47. The van der Waals surface area contributed by atoms with E-state index in [-0.39, 0.29) is 12.9 Å². The van der Waals surface area contributed by atoms with E-state index >= 15 is 0 Å². The molecule has 0 aliphatic carbocycles. The number of nitrogens with zero attached hydrogens (tertiary/aromatic N) is 2. The number of benzene rings is 2. The maximum atomic E-state index is 4.80. The van der Waals surface area contributed by atoms with Crippen LogP contribution >= 0.6 is 25.6 Å². The SMILES string of the molecule is C=C1C=C(C)N(c2c(C(C)C)cccc2C(C)C)[Si]2(N1c1c(C(C)C)cccc1C(C)C)p1p3p2p13. The number of hydrogen-bond donors (Lipinski definition) is 0. The second-order valence-corrected chi connectivity index (χ2v) is 47.8. The molecule has 2 bridgehead atoms. The summed E-state index contributed by atoms with van der Waals surface area (Å²) < 4.78 is 6.00. The third kappa shape index (κ3) is 3.17. The molecular weight excluding hydrogens is 528 g/mol. The summed E-state index contributed by atoms with van der Waals surface area (Å²) in [5.41, 5.74) is 12.0. The molecule has 5 heterocycles. The zero-order chi connectivity index (χ0) is 25.8. The molecule has 0 saturated carbocycles. The fraction of sp³-hybridized carbons (Fsp3) is 0.448. The minimum atomic E-state index is -1.89. The van der Waals surface area contributed by atoms with E-state index in [1.54, 1.807) is 22.5 Å². The lowest BCUT2D eigenvalue weighted by Crippen LogP contribution is -2.64. The maximum Gasteiger partial charge on any atom is 0.397 e. The van der Waals surface area contributed by atoms with Gasteiger partial charge in [-0.05, 0) is 84.5 Å². The first-order chi connectivity index (χ1) is 17.0. The first-order valence-electron chi connectivity index (χ1n) is 13.5. The van der Waals surface area contributed by atoms with E-state index in [0.29, 0.717) is 36.4 Å². The van der Waals surface area contributed by atoms with Crippen LogP contribution in [-0.2, 0) is 0 Å². The molecule has 3 aliphatic rings. The van der Waals surface area contributed by atoms with Crippen LogP contribution in [0.25, 0.3) is 0 Å². The molecular formula is C29H40N2P4Si. The van der Waals surface area contributed by atoms with Crippen molar-refractivity contribution in [3.63, 3.8) is 0 Å². The van der Waals surface area contributed by atoms with Crippen molar-refractivity contribution in [3.8, 4) is 0 Å². The Kier molecular flexibility index (Phi) is 5.93. The van der Waals surface area contributed by atoms with Crippen LogP contribution < -0.4 is 9.13 Å². The minimum Gasteiger partial charge on any atom is -0.340 e. The lowest BCUT2D eigenvalue weighted by atomic mass is 9.92. The third-order valence-electron chi connectivity index (χ3n) is 8.06. The highest BCUT2D eigenvalue weighted by atomic mass is 33.2. The van der Waals surface area contributed by atoms with Gasteiger partial charge in [-0.25, -0.2) is 0 Å². The van der Waals surface area contributed by atoms with Gasteiger partial charge in [0.25, 0.3) is 0 Å². The van der Waals surface area contributed by atoms with E-state index in [1.807, 2.05) is 0 Å². The Hall–Kier alpha value is -1.06. The van der Waals surface area contributed by atoms with Gasteiger partial charge in [0.1, 0.15) is 0 Å². The number of para-hydroxylation sites is 2. The van der Waals surface area contributed by atoms with Crippen molar-refractivity contribution in [2.75, 3.05) is 9.13 Å². The lowest BCUT2D eigenvalue weighted by Gasteiger charge is -2.57. The Balaban J connectivity index is 1.66. The zero-order valence-electron chi connectivity index (χ0n) is 23.2. The first kappa shape index (κ1) is 25.2. The van der Waals surface area contributed by atoms with E-state index in [9.17, 15) is 0 Å². The number of anilines is 2. The van der Waals surface area contributed by atoms with Crippen LogP contribution in [0.3, 0.4) is 0 Å². The average molecular weight is 569 g/mol. The average Bonchev–Trinajstić information content (AvgIpc) is 3.67. The Labute approximate surface area is 221 Å². The fourth-order valence-electron chi connectivity index (χ4n) is 6.26. The summed E-state index contributed by atoms with van der Waals surface area (Å²) in [6, 6.07) is 14.3. The van der Waals surface area contributed by atoms with Crippen LogP contribution in [0.15, 0.2) is 60.4 Å². The molecule has 2 aromatic heterocycles. The molecule has 36 heavy (non-hydrogen) atoms. The number of rotatable bonds is 6. The van der Waals surface area contributed by atoms with Crippen molar-refractivity contribution in [1.29, 1.82) is 0 Å². The van der Waals surface area contributed by atoms with Gasteiger partial charge in [0.05, 0.1) is 0 Å². The minimum absolute atomic E-state index is 0.248. The maximum absolute atomic E-state index is 4.80. The van der Waals surface area contributed by atoms with Gasteiger partial charge in [-0.3, -0.25) is 0 Å². The van der Waals surface area contributed by atoms with Gasteiger partial charge in [0.2, 0.25) is 0 Å². The van der Waals surface area contributed by atoms with Crippen LogP contribution in [-0.4, -0.2) is 7.73 Å². The van der Waals surface area contributed by atoms with E-state index in [4.69, 9.17) is 6.58 Å². The van der Waals surface area contributed by atoms with Crippen molar-refractivity contribution in [3.05, 3.63) is 82.7 Å². The van der Waals surface area contributed by atoms with E-state index in [0.717, 1.165) is 0 Å². The summed E-state index contributed by atoms with van der Waals surface area (Å²) in [5.74, 6) is 2.05. The quantitative estimate of drug-likeness (QED) is 0.214. The molecule has 3 aliphatic heterocycles. The van der Waals surface area contributed by atoms with Gasteiger partial charge in [0.15, 0.2) is 0 Å². The molecule has 0 atom stereocenters. The Morgan fingerprint density at radius 2 is 1.00 bits per heavy atom. The smallest absolute Gasteiger partial charge is 0.340 e. The highest BCUT2D eigenvalue weighted by Crippen LogP contribution is 3.25. The number of allylic oxidation sites excluding steroid dienone is 2. The molecule has 0 saturated heterocycles. The molecule has 7 heteroatoms. The molecule has 0 N–H and O–H groups in total. The molecule has 4 aromatic rings. The van der Waals surface area contributed by atoms with Gasteiger partial charge in [-0.1, -0.05) is 98.4 Å². The summed E-state index contributed by atoms with van der Waals surface area (Å²) >= 11 is 0. The van der Waals surface area contributed by atoms with Crippen LogP contribution in [0.4, 0.5) is 11.4 Å². The molecule has 2 aromatic carbocycles. The molecule has 0 unspecified atom stereocenters. The Bertz CT molecular complexity index is 1410. The normalized spacial score (nSPS) is 21.9. The van der Waals surface area contributed by atoms with Crippen molar-refractivity contribution in [2.24, 2.45) is 0 Å². The van der Waals surface area contributed by atoms with Crippen LogP contribution in [0, 0.1) is 0 Å². The van der Waals surface area contributed by atoms with Crippen molar-refractivity contribution >= 4 is 44.7 Å². The standard InChI is InChI=1S/C29H40N2P4Si/c1-18(2)24-13-11-14-25(19(3)4)28(24)30-22(9)17-23(10)31(36(30)34-32-33(34)35(32)36)29-26(20(5)6)15-12-16-27(29)21(7)8/h11-21H,9H2,1-8,10H3. The van der Waals surface area contributed by atoms with Gasteiger partial charge >= 0.3 is 7.73 Å². The molecule has 1 spiro atoms. The number of hydrogen-bond acceptors (Lipinski definition) is 2. The summed E-state index contributed by atoms with van der Waals surface area (Å²) in [6.45, 7) is 26.3. The van der Waals surface area contributed by atoms with Crippen molar-refractivity contribution in [1.82, 2.24) is 0 Å². The fourth-order valence-corrected chi connectivity index (χ4v) is 151. The molecule has 2 nitrogen and oxygen atoms in total. The molecule has 0 amide bonds. The molecule has 0 radical (unpaired) electrons. The molecule has 7 rings (SSSR count). The van der Waals surface area contributed by atoms with Gasteiger partial charge in [-0.2, -0.15) is 0 Å². The van der Waals surface area contributed by atoms with E-state index in [2.05, 4.69) is 114 Å². The van der Waals surface area contributed by atoms with Crippen molar-refractivity contribution < 1.29 is 0 Å². The summed E-state index contributed by atoms with van der Waals surface area (Å²) in [7, 11) is -1.89.